The maximum atomic E-state index is 13.5. The summed E-state index contributed by atoms with van der Waals surface area (Å²) >= 11 is 0. The van der Waals surface area contributed by atoms with Gasteiger partial charge in [0.2, 0.25) is 0 Å². The van der Waals surface area contributed by atoms with Crippen molar-refractivity contribution in [1.82, 2.24) is 20.4 Å². The minimum atomic E-state index is -0.245. The van der Waals surface area contributed by atoms with Gasteiger partial charge in [-0.25, -0.2) is 4.39 Å². The maximum Gasteiger partial charge on any atom is 0.191 e. The standard InChI is InChI=1S/C20H30FN5/c1-5-22-19(23-13-16(2)14-26-11-7-10-25-26)24-15-20(3,4)17-8-6-9-18(21)12-17/h6-12,16H,5,13-15H2,1-4H3,(H2,22,23,24). The van der Waals surface area contributed by atoms with Crippen LogP contribution < -0.4 is 10.6 Å². The molecule has 0 saturated heterocycles. The van der Waals surface area contributed by atoms with E-state index in [1.807, 2.05) is 29.9 Å². The molecule has 2 aromatic rings. The number of guanidine groups is 1. The number of rotatable bonds is 8. The van der Waals surface area contributed by atoms with Gasteiger partial charge in [-0.3, -0.25) is 9.67 Å². The molecule has 0 spiro atoms. The van der Waals surface area contributed by atoms with Gasteiger partial charge in [-0.05, 0) is 36.6 Å². The Labute approximate surface area is 155 Å². The van der Waals surface area contributed by atoms with Gasteiger partial charge in [0, 0.05) is 37.4 Å². The molecular weight excluding hydrogens is 329 g/mol. The van der Waals surface area contributed by atoms with E-state index >= 15 is 0 Å². The first-order chi connectivity index (χ1) is 12.4. The van der Waals surface area contributed by atoms with Crippen LogP contribution in [0.25, 0.3) is 0 Å². The second-order valence-corrected chi connectivity index (χ2v) is 7.30. The van der Waals surface area contributed by atoms with Crippen molar-refractivity contribution in [1.29, 1.82) is 0 Å². The Kier molecular flexibility index (Phi) is 7.18. The van der Waals surface area contributed by atoms with E-state index in [1.165, 1.54) is 6.07 Å². The van der Waals surface area contributed by atoms with E-state index in [1.54, 1.807) is 18.3 Å². The van der Waals surface area contributed by atoms with Crippen molar-refractivity contribution >= 4 is 5.96 Å². The topological polar surface area (TPSA) is 54.2 Å². The molecule has 0 amide bonds. The van der Waals surface area contributed by atoms with Crippen molar-refractivity contribution in [3.8, 4) is 0 Å². The van der Waals surface area contributed by atoms with E-state index in [0.717, 1.165) is 31.2 Å². The Bertz CT molecular complexity index is 694. The van der Waals surface area contributed by atoms with Gasteiger partial charge in [0.05, 0.1) is 6.54 Å². The van der Waals surface area contributed by atoms with Crippen LogP contribution in [0.1, 0.15) is 33.3 Å². The Hall–Kier alpha value is -2.37. The van der Waals surface area contributed by atoms with E-state index < -0.39 is 0 Å². The van der Waals surface area contributed by atoms with Gasteiger partial charge in [0.1, 0.15) is 5.82 Å². The summed E-state index contributed by atoms with van der Waals surface area (Å²) in [6.07, 6.45) is 3.76. The van der Waals surface area contributed by atoms with Gasteiger partial charge in [-0.2, -0.15) is 5.10 Å². The zero-order valence-electron chi connectivity index (χ0n) is 16.2. The number of aromatic nitrogens is 2. The predicted molar refractivity (Wildman–Crippen MR) is 105 cm³/mol. The molecule has 0 saturated carbocycles. The summed E-state index contributed by atoms with van der Waals surface area (Å²) in [5, 5.41) is 10.9. The molecule has 0 bridgehead atoms. The highest BCUT2D eigenvalue weighted by atomic mass is 19.1. The van der Waals surface area contributed by atoms with Crippen LogP contribution in [0.15, 0.2) is 47.7 Å². The van der Waals surface area contributed by atoms with Crippen molar-refractivity contribution in [2.75, 3.05) is 19.6 Å². The lowest BCUT2D eigenvalue weighted by Gasteiger charge is -2.24. The number of benzene rings is 1. The molecule has 26 heavy (non-hydrogen) atoms. The van der Waals surface area contributed by atoms with Gasteiger partial charge in [0.15, 0.2) is 5.96 Å². The summed E-state index contributed by atoms with van der Waals surface area (Å²) in [5.74, 6) is 0.983. The zero-order valence-corrected chi connectivity index (χ0v) is 16.2. The highest BCUT2D eigenvalue weighted by molar-refractivity contribution is 5.79. The van der Waals surface area contributed by atoms with Crippen molar-refractivity contribution < 1.29 is 4.39 Å². The number of nitrogens with one attached hydrogen (secondary N) is 2. The minimum absolute atomic E-state index is 0.211. The molecule has 1 aromatic heterocycles. The normalized spacial score (nSPS) is 13.5. The summed E-state index contributed by atoms with van der Waals surface area (Å²) in [6.45, 7) is 11.4. The van der Waals surface area contributed by atoms with Crippen molar-refractivity contribution in [3.05, 3.63) is 54.1 Å². The summed E-state index contributed by atoms with van der Waals surface area (Å²) < 4.78 is 15.4. The Balaban J connectivity index is 1.94. The fourth-order valence-electron chi connectivity index (χ4n) is 2.68. The Morgan fingerprint density at radius 1 is 1.31 bits per heavy atom. The SMILES string of the molecule is CCNC(=NCC(C)(C)c1cccc(F)c1)NCC(C)Cn1cccn1. The second-order valence-electron chi connectivity index (χ2n) is 7.30. The minimum Gasteiger partial charge on any atom is -0.357 e. The third kappa shape index (κ3) is 6.17. The van der Waals surface area contributed by atoms with Crippen LogP contribution >= 0.6 is 0 Å². The molecule has 2 rings (SSSR count). The monoisotopic (exact) mass is 359 g/mol. The summed E-state index contributed by atoms with van der Waals surface area (Å²) in [4.78, 5) is 4.71. The first-order valence-corrected chi connectivity index (χ1v) is 9.16. The Morgan fingerprint density at radius 3 is 2.77 bits per heavy atom. The average Bonchev–Trinajstić information content (AvgIpc) is 3.10. The van der Waals surface area contributed by atoms with E-state index in [9.17, 15) is 4.39 Å². The van der Waals surface area contributed by atoms with E-state index in [-0.39, 0.29) is 11.2 Å². The van der Waals surface area contributed by atoms with E-state index in [4.69, 9.17) is 4.99 Å². The molecule has 1 aromatic carbocycles. The number of hydrogen-bond acceptors (Lipinski definition) is 2. The van der Waals surface area contributed by atoms with Gasteiger partial charge < -0.3 is 10.6 Å². The van der Waals surface area contributed by atoms with E-state index in [0.29, 0.717) is 12.5 Å². The molecule has 0 fully saturated rings. The molecule has 142 valence electrons. The van der Waals surface area contributed by atoms with Gasteiger partial charge in [0.25, 0.3) is 0 Å². The second kappa shape index (κ2) is 9.36. The first-order valence-electron chi connectivity index (χ1n) is 9.16. The molecule has 0 aliphatic heterocycles. The number of halogens is 1. The quantitative estimate of drug-likeness (QED) is 0.562. The molecule has 0 aliphatic carbocycles. The molecular formula is C20H30FN5. The van der Waals surface area contributed by atoms with Crippen molar-refractivity contribution in [2.24, 2.45) is 10.9 Å². The van der Waals surface area contributed by atoms with Crippen LogP contribution in [-0.4, -0.2) is 35.4 Å². The fraction of sp³-hybridized carbons (Fsp3) is 0.500. The average molecular weight is 359 g/mol. The van der Waals surface area contributed by atoms with Crippen LogP contribution in [0.2, 0.25) is 0 Å². The molecule has 0 radical (unpaired) electrons. The highest BCUT2D eigenvalue weighted by Crippen LogP contribution is 2.24. The summed E-state index contributed by atoms with van der Waals surface area (Å²) in [7, 11) is 0. The lowest BCUT2D eigenvalue weighted by atomic mass is 9.85. The number of nitrogens with zero attached hydrogens (tertiary/aromatic N) is 3. The summed E-state index contributed by atoms with van der Waals surface area (Å²) in [6, 6.07) is 8.68. The molecule has 1 unspecified atom stereocenters. The van der Waals surface area contributed by atoms with Crippen LogP contribution in [-0.2, 0) is 12.0 Å². The fourth-order valence-corrected chi connectivity index (χ4v) is 2.68. The van der Waals surface area contributed by atoms with Crippen LogP contribution in [0.3, 0.4) is 0 Å². The predicted octanol–water partition coefficient (Wildman–Crippen LogP) is 3.19. The van der Waals surface area contributed by atoms with Crippen LogP contribution in [0, 0.1) is 11.7 Å². The third-order valence-corrected chi connectivity index (χ3v) is 4.26. The molecule has 0 aliphatic rings. The van der Waals surface area contributed by atoms with Gasteiger partial charge >= 0.3 is 0 Å². The highest BCUT2D eigenvalue weighted by Gasteiger charge is 2.21. The van der Waals surface area contributed by atoms with Crippen LogP contribution in [0.5, 0.6) is 0 Å². The molecule has 2 N–H and O–H groups in total. The molecule has 1 heterocycles. The third-order valence-electron chi connectivity index (χ3n) is 4.26. The lowest BCUT2D eigenvalue weighted by Crippen LogP contribution is -2.41. The lowest BCUT2D eigenvalue weighted by molar-refractivity contribution is 0.442. The van der Waals surface area contributed by atoms with Gasteiger partial charge in [-0.15, -0.1) is 0 Å². The van der Waals surface area contributed by atoms with Crippen LogP contribution in [0.4, 0.5) is 4.39 Å². The first kappa shape index (κ1) is 19.9. The molecule has 6 heteroatoms. The molecule has 1 atom stereocenters. The largest absolute Gasteiger partial charge is 0.357 e. The maximum absolute atomic E-state index is 13.5. The summed E-state index contributed by atoms with van der Waals surface area (Å²) in [5.41, 5.74) is 0.703. The number of aliphatic imine (C=N–C) groups is 1. The van der Waals surface area contributed by atoms with E-state index in [2.05, 4.69) is 36.5 Å². The smallest absolute Gasteiger partial charge is 0.191 e. The van der Waals surface area contributed by atoms with Crippen molar-refractivity contribution in [2.45, 2.75) is 39.7 Å². The zero-order chi connectivity index (χ0) is 19.0. The van der Waals surface area contributed by atoms with Gasteiger partial charge in [-0.1, -0.05) is 32.9 Å². The number of hydrogen-bond donors (Lipinski definition) is 2. The van der Waals surface area contributed by atoms with Crippen molar-refractivity contribution in [3.63, 3.8) is 0 Å². The molecule has 5 nitrogen and oxygen atoms in total. The Morgan fingerprint density at radius 2 is 2.12 bits per heavy atom.